The highest BCUT2D eigenvalue weighted by atomic mass is 32.1. The first kappa shape index (κ1) is 15.7. The van der Waals surface area contributed by atoms with Crippen LogP contribution in [0.2, 0.25) is 0 Å². The molecule has 1 aromatic carbocycles. The maximum atomic E-state index is 12.1. The molecule has 0 bridgehead atoms. The molecular formula is C17H20O3S. The van der Waals surface area contributed by atoms with Crippen LogP contribution in [0.5, 0.6) is 5.75 Å². The predicted octanol–water partition coefficient (Wildman–Crippen LogP) is 3.82. The third kappa shape index (κ3) is 4.41. The van der Waals surface area contributed by atoms with E-state index in [4.69, 9.17) is 9.47 Å². The number of methoxy groups -OCH3 is 1. The molecule has 0 spiro atoms. The van der Waals surface area contributed by atoms with Gasteiger partial charge in [-0.3, -0.25) is 4.79 Å². The second-order valence-corrected chi connectivity index (χ2v) is 6.39. The van der Waals surface area contributed by atoms with Gasteiger partial charge in [-0.05, 0) is 44.0 Å². The topological polar surface area (TPSA) is 35.5 Å². The minimum absolute atomic E-state index is 0.0281. The van der Waals surface area contributed by atoms with Crippen molar-refractivity contribution >= 4 is 17.1 Å². The summed E-state index contributed by atoms with van der Waals surface area (Å²) in [5, 5.41) is 0. The van der Waals surface area contributed by atoms with Crippen LogP contribution in [0.4, 0.5) is 0 Å². The van der Waals surface area contributed by atoms with Crippen molar-refractivity contribution in [3.8, 4) is 5.75 Å². The van der Waals surface area contributed by atoms with Crippen LogP contribution in [-0.4, -0.2) is 26.1 Å². The van der Waals surface area contributed by atoms with E-state index in [1.807, 2.05) is 44.2 Å². The summed E-state index contributed by atoms with van der Waals surface area (Å²) in [5.41, 5.74) is 1.97. The quantitative estimate of drug-likeness (QED) is 0.730. The SMILES string of the molecule is COCCc1ccc(OCC(=O)c2cc(C)sc2C)cc1. The maximum absolute atomic E-state index is 12.1. The fourth-order valence-corrected chi connectivity index (χ4v) is 3.05. The average Bonchev–Trinajstić information content (AvgIpc) is 2.82. The summed E-state index contributed by atoms with van der Waals surface area (Å²) in [7, 11) is 1.69. The monoisotopic (exact) mass is 304 g/mol. The Morgan fingerprint density at radius 1 is 1.19 bits per heavy atom. The number of Topliss-reactive ketones (excluding diaryl/α,β-unsaturated/α-hetero) is 1. The van der Waals surface area contributed by atoms with Crippen molar-refractivity contribution in [3.05, 3.63) is 51.2 Å². The van der Waals surface area contributed by atoms with Crippen LogP contribution in [0.25, 0.3) is 0 Å². The highest BCUT2D eigenvalue weighted by Gasteiger charge is 2.12. The highest BCUT2D eigenvalue weighted by Crippen LogP contribution is 2.21. The standard InChI is InChI=1S/C17H20O3S/c1-12-10-16(13(2)21-12)17(18)11-20-15-6-4-14(5-7-15)8-9-19-3/h4-7,10H,8-9,11H2,1-3H3. The van der Waals surface area contributed by atoms with Crippen LogP contribution in [0.1, 0.15) is 25.7 Å². The highest BCUT2D eigenvalue weighted by molar-refractivity contribution is 7.12. The fraction of sp³-hybridized carbons (Fsp3) is 0.353. The van der Waals surface area contributed by atoms with Gasteiger partial charge in [0.2, 0.25) is 5.78 Å². The van der Waals surface area contributed by atoms with E-state index in [-0.39, 0.29) is 12.4 Å². The summed E-state index contributed by atoms with van der Waals surface area (Å²) in [6.45, 7) is 4.76. The van der Waals surface area contributed by atoms with E-state index in [9.17, 15) is 4.79 Å². The van der Waals surface area contributed by atoms with Crippen molar-refractivity contribution in [1.82, 2.24) is 0 Å². The number of hydrogen-bond donors (Lipinski definition) is 0. The van der Waals surface area contributed by atoms with Gasteiger partial charge in [-0.1, -0.05) is 12.1 Å². The minimum atomic E-state index is 0.0281. The lowest BCUT2D eigenvalue weighted by Gasteiger charge is -2.06. The van der Waals surface area contributed by atoms with E-state index < -0.39 is 0 Å². The van der Waals surface area contributed by atoms with Crippen molar-refractivity contribution in [1.29, 1.82) is 0 Å². The van der Waals surface area contributed by atoms with E-state index in [1.54, 1.807) is 18.4 Å². The predicted molar refractivity (Wildman–Crippen MR) is 85.6 cm³/mol. The van der Waals surface area contributed by atoms with E-state index in [1.165, 1.54) is 5.56 Å². The number of ether oxygens (including phenoxy) is 2. The molecule has 0 aliphatic heterocycles. The smallest absolute Gasteiger partial charge is 0.201 e. The van der Waals surface area contributed by atoms with Gasteiger partial charge in [0, 0.05) is 22.4 Å². The summed E-state index contributed by atoms with van der Waals surface area (Å²) in [4.78, 5) is 14.3. The molecule has 3 nitrogen and oxygen atoms in total. The lowest BCUT2D eigenvalue weighted by atomic mass is 10.1. The number of rotatable bonds is 7. The molecule has 1 heterocycles. The molecule has 0 unspecified atom stereocenters. The Bertz CT molecular complexity index is 599. The molecule has 112 valence electrons. The second kappa shape index (κ2) is 7.38. The summed E-state index contributed by atoms with van der Waals surface area (Å²) < 4.78 is 10.6. The first-order valence-corrected chi connectivity index (χ1v) is 7.72. The van der Waals surface area contributed by atoms with Gasteiger partial charge >= 0.3 is 0 Å². The maximum Gasteiger partial charge on any atom is 0.201 e. The Kier molecular flexibility index (Phi) is 5.53. The van der Waals surface area contributed by atoms with E-state index >= 15 is 0 Å². The molecule has 0 radical (unpaired) electrons. The largest absolute Gasteiger partial charge is 0.485 e. The zero-order valence-corrected chi connectivity index (χ0v) is 13.5. The van der Waals surface area contributed by atoms with Gasteiger partial charge in [-0.15, -0.1) is 11.3 Å². The van der Waals surface area contributed by atoms with Gasteiger partial charge in [-0.25, -0.2) is 0 Å². The van der Waals surface area contributed by atoms with Crippen molar-refractivity contribution < 1.29 is 14.3 Å². The number of carbonyl (C=O) groups is 1. The van der Waals surface area contributed by atoms with Gasteiger partial charge in [0.1, 0.15) is 5.75 Å². The summed E-state index contributed by atoms with van der Waals surface area (Å²) in [6, 6.07) is 9.71. The third-order valence-electron chi connectivity index (χ3n) is 3.23. The van der Waals surface area contributed by atoms with Crippen LogP contribution in [0.15, 0.2) is 30.3 Å². The normalized spacial score (nSPS) is 10.6. The molecular weight excluding hydrogens is 284 g/mol. The first-order valence-electron chi connectivity index (χ1n) is 6.91. The summed E-state index contributed by atoms with van der Waals surface area (Å²) >= 11 is 1.64. The van der Waals surface area contributed by atoms with Gasteiger partial charge in [0.15, 0.2) is 6.61 Å². The molecule has 21 heavy (non-hydrogen) atoms. The minimum Gasteiger partial charge on any atom is -0.485 e. The van der Waals surface area contributed by atoms with Crippen molar-refractivity contribution in [2.75, 3.05) is 20.3 Å². The molecule has 2 aromatic rings. The van der Waals surface area contributed by atoms with Crippen LogP contribution in [0.3, 0.4) is 0 Å². The van der Waals surface area contributed by atoms with E-state index in [0.717, 1.165) is 21.7 Å². The Balaban J connectivity index is 1.90. The number of benzene rings is 1. The zero-order chi connectivity index (χ0) is 15.2. The van der Waals surface area contributed by atoms with Gasteiger partial charge in [0.05, 0.1) is 6.61 Å². The molecule has 0 saturated carbocycles. The van der Waals surface area contributed by atoms with Crippen LogP contribution in [-0.2, 0) is 11.2 Å². The lowest BCUT2D eigenvalue weighted by molar-refractivity contribution is 0.0921. The Morgan fingerprint density at radius 3 is 2.48 bits per heavy atom. The Labute approximate surface area is 129 Å². The molecule has 0 saturated heterocycles. The fourth-order valence-electron chi connectivity index (χ4n) is 2.11. The number of carbonyl (C=O) groups excluding carboxylic acids is 1. The Hall–Kier alpha value is -1.65. The van der Waals surface area contributed by atoms with Crippen LogP contribution in [0, 0.1) is 13.8 Å². The second-order valence-electron chi connectivity index (χ2n) is 4.93. The summed E-state index contributed by atoms with van der Waals surface area (Å²) in [6.07, 6.45) is 0.878. The van der Waals surface area contributed by atoms with Crippen molar-refractivity contribution in [3.63, 3.8) is 0 Å². The van der Waals surface area contributed by atoms with Crippen molar-refractivity contribution in [2.45, 2.75) is 20.3 Å². The molecule has 0 N–H and O–H groups in total. The molecule has 0 atom stereocenters. The molecule has 0 amide bonds. The Morgan fingerprint density at radius 2 is 1.90 bits per heavy atom. The van der Waals surface area contributed by atoms with Gasteiger partial charge in [-0.2, -0.15) is 0 Å². The third-order valence-corrected chi connectivity index (χ3v) is 4.20. The zero-order valence-electron chi connectivity index (χ0n) is 12.6. The molecule has 0 fully saturated rings. The van der Waals surface area contributed by atoms with E-state index in [0.29, 0.717) is 12.4 Å². The molecule has 1 aromatic heterocycles. The van der Waals surface area contributed by atoms with Crippen molar-refractivity contribution in [2.24, 2.45) is 0 Å². The first-order chi connectivity index (χ1) is 10.1. The number of aryl methyl sites for hydroxylation is 2. The van der Waals surface area contributed by atoms with E-state index in [2.05, 4.69) is 0 Å². The molecule has 0 aliphatic carbocycles. The molecule has 0 aliphatic rings. The molecule has 2 rings (SSSR count). The number of ketones is 1. The average molecular weight is 304 g/mol. The van der Waals surface area contributed by atoms with Gasteiger partial charge in [0.25, 0.3) is 0 Å². The number of thiophene rings is 1. The number of hydrogen-bond acceptors (Lipinski definition) is 4. The molecule has 4 heteroatoms. The van der Waals surface area contributed by atoms with Gasteiger partial charge < -0.3 is 9.47 Å². The van der Waals surface area contributed by atoms with Crippen LogP contribution < -0.4 is 4.74 Å². The van der Waals surface area contributed by atoms with Crippen LogP contribution >= 0.6 is 11.3 Å². The lowest BCUT2D eigenvalue weighted by Crippen LogP contribution is -2.11. The summed E-state index contributed by atoms with van der Waals surface area (Å²) in [5.74, 6) is 0.745.